The Hall–Kier alpha value is -0.570. The van der Waals surface area contributed by atoms with Crippen LogP contribution in [0.2, 0.25) is 0 Å². The van der Waals surface area contributed by atoms with Crippen LogP contribution in [0.15, 0.2) is 0 Å². The average molecular weight is 238 g/mol. The molecular weight excluding hydrogens is 212 g/mol. The Morgan fingerprint density at radius 2 is 2.00 bits per heavy atom. The summed E-state index contributed by atoms with van der Waals surface area (Å²) in [7, 11) is 0. The summed E-state index contributed by atoms with van der Waals surface area (Å²) in [5, 5.41) is 3.45. The number of hydrogen-bond donors (Lipinski definition) is 1. The topological polar surface area (TPSA) is 32.3 Å². The largest absolute Gasteiger partial charge is 0.323 e. The van der Waals surface area contributed by atoms with Crippen molar-refractivity contribution in [2.45, 2.75) is 71.6 Å². The third kappa shape index (κ3) is 2.49. The molecule has 0 aromatic rings. The summed E-state index contributed by atoms with van der Waals surface area (Å²) in [5.41, 5.74) is 0. The maximum atomic E-state index is 12.2. The number of amides is 1. The molecule has 0 spiro atoms. The van der Waals surface area contributed by atoms with E-state index in [2.05, 4.69) is 31.0 Å². The van der Waals surface area contributed by atoms with Gasteiger partial charge < -0.3 is 4.90 Å². The molecule has 1 aliphatic carbocycles. The SMILES string of the molecule is CC(C)CC1NC(C)C(=O)N1C(C)C1CCC1. The van der Waals surface area contributed by atoms with Gasteiger partial charge >= 0.3 is 0 Å². The van der Waals surface area contributed by atoms with E-state index < -0.39 is 0 Å². The minimum absolute atomic E-state index is 0.00118. The Morgan fingerprint density at radius 3 is 2.47 bits per heavy atom. The molecule has 1 saturated carbocycles. The molecule has 2 aliphatic rings. The highest BCUT2D eigenvalue weighted by molar-refractivity contribution is 5.84. The summed E-state index contributed by atoms with van der Waals surface area (Å²) in [6, 6.07) is 0.415. The second kappa shape index (κ2) is 4.97. The van der Waals surface area contributed by atoms with Crippen molar-refractivity contribution in [2.24, 2.45) is 11.8 Å². The van der Waals surface area contributed by atoms with Gasteiger partial charge in [0.05, 0.1) is 12.2 Å². The lowest BCUT2D eigenvalue weighted by atomic mass is 9.79. The molecule has 2 rings (SSSR count). The Kier molecular flexibility index (Phi) is 3.76. The lowest BCUT2D eigenvalue weighted by Crippen LogP contribution is -2.48. The first kappa shape index (κ1) is 12.9. The molecule has 17 heavy (non-hydrogen) atoms. The van der Waals surface area contributed by atoms with E-state index in [1.165, 1.54) is 19.3 Å². The van der Waals surface area contributed by atoms with Crippen LogP contribution in [0.4, 0.5) is 0 Å². The molecule has 3 heteroatoms. The number of hydrogen-bond acceptors (Lipinski definition) is 2. The minimum Gasteiger partial charge on any atom is -0.323 e. The Morgan fingerprint density at radius 1 is 1.35 bits per heavy atom. The molecule has 98 valence electrons. The van der Waals surface area contributed by atoms with Gasteiger partial charge in [0, 0.05) is 6.04 Å². The fourth-order valence-electron chi connectivity index (χ4n) is 3.08. The molecule has 0 aromatic heterocycles. The van der Waals surface area contributed by atoms with Gasteiger partial charge in [-0.05, 0) is 44.9 Å². The van der Waals surface area contributed by atoms with Crippen molar-refractivity contribution < 1.29 is 4.79 Å². The van der Waals surface area contributed by atoms with Gasteiger partial charge in [-0.15, -0.1) is 0 Å². The Balaban J connectivity index is 2.06. The highest BCUT2D eigenvalue weighted by Crippen LogP contribution is 2.34. The Bertz CT molecular complexity index is 286. The summed E-state index contributed by atoms with van der Waals surface area (Å²) >= 11 is 0. The molecule has 2 fully saturated rings. The van der Waals surface area contributed by atoms with Gasteiger partial charge in [0.15, 0.2) is 0 Å². The van der Waals surface area contributed by atoms with Gasteiger partial charge in [-0.1, -0.05) is 20.3 Å². The van der Waals surface area contributed by atoms with Crippen LogP contribution in [0.1, 0.15) is 53.4 Å². The van der Waals surface area contributed by atoms with Crippen LogP contribution in [0.3, 0.4) is 0 Å². The van der Waals surface area contributed by atoms with Crippen molar-refractivity contribution in [3.05, 3.63) is 0 Å². The van der Waals surface area contributed by atoms with E-state index in [9.17, 15) is 4.79 Å². The van der Waals surface area contributed by atoms with E-state index in [-0.39, 0.29) is 12.2 Å². The second-order valence-corrected chi connectivity index (χ2v) is 6.21. The molecule has 3 nitrogen and oxygen atoms in total. The maximum Gasteiger partial charge on any atom is 0.240 e. The molecule has 1 aliphatic heterocycles. The normalized spacial score (nSPS) is 32.1. The molecular formula is C14H26N2O. The third-order valence-electron chi connectivity index (χ3n) is 4.37. The van der Waals surface area contributed by atoms with E-state index in [1.807, 2.05) is 6.92 Å². The van der Waals surface area contributed by atoms with Gasteiger partial charge in [-0.25, -0.2) is 0 Å². The van der Waals surface area contributed by atoms with Crippen molar-refractivity contribution in [1.82, 2.24) is 10.2 Å². The smallest absolute Gasteiger partial charge is 0.240 e. The van der Waals surface area contributed by atoms with Crippen molar-refractivity contribution in [3.63, 3.8) is 0 Å². The number of carbonyl (C=O) groups is 1. The van der Waals surface area contributed by atoms with E-state index in [4.69, 9.17) is 0 Å². The van der Waals surface area contributed by atoms with Crippen LogP contribution in [0.25, 0.3) is 0 Å². The summed E-state index contributed by atoms with van der Waals surface area (Å²) < 4.78 is 0. The molecule has 1 heterocycles. The average Bonchev–Trinajstić information content (AvgIpc) is 2.38. The molecule has 3 unspecified atom stereocenters. The van der Waals surface area contributed by atoms with Crippen LogP contribution >= 0.6 is 0 Å². The van der Waals surface area contributed by atoms with Crippen LogP contribution in [-0.2, 0) is 4.79 Å². The van der Waals surface area contributed by atoms with Gasteiger partial charge in [0.25, 0.3) is 0 Å². The molecule has 0 aromatic carbocycles. The van der Waals surface area contributed by atoms with Crippen molar-refractivity contribution in [2.75, 3.05) is 0 Å². The van der Waals surface area contributed by atoms with Gasteiger partial charge in [0.2, 0.25) is 5.91 Å². The predicted molar refractivity (Wildman–Crippen MR) is 69.5 cm³/mol. The molecule has 3 atom stereocenters. The van der Waals surface area contributed by atoms with Crippen LogP contribution in [0.5, 0.6) is 0 Å². The molecule has 1 amide bonds. The zero-order chi connectivity index (χ0) is 12.6. The molecule has 0 radical (unpaired) electrons. The maximum absolute atomic E-state index is 12.2. The summed E-state index contributed by atoms with van der Waals surface area (Å²) in [4.78, 5) is 14.4. The quantitative estimate of drug-likeness (QED) is 0.815. The lowest BCUT2D eigenvalue weighted by Gasteiger charge is -2.40. The first-order chi connectivity index (χ1) is 8.00. The predicted octanol–water partition coefficient (Wildman–Crippen LogP) is 2.37. The van der Waals surface area contributed by atoms with Crippen LogP contribution in [-0.4, -0.2) is 29.1 Å². The molecule has 0 bridgehead atoms. The molecule has 1 N–H and O–H groups in total. The van der Waals surface area contributed by atoms with Crippen molar-refractivity contribution >= 4 is 5.91 Å². The Labute approximate surface area is 105 Å². The summed E-state index contributed by atoms with van der Waals surface area (Å²) in [6.07, 6.45) is 5.26. The standard InChI is InChI=1S/C14H26N2O/c1-9(2)8-13-15-10(3)14(17)16(13)11(4)12-6-5-7-12/h9-13,15H,5-8H2,1-4H3. The van der Waals surface area contributed by atoms with Crippen LogP contribution < -0.4 is 5.32 Å². The molecule has 1 saturated heterocycles. The lowest BCUT2D eigenvalue weighted by molar-refractivity contribution is -0.133. The van der Waals surface area contributed by atoms with E-state index in [0.717, 1.165) is 12.3 Å². The number of nitrogens with zero attached hydrogens (tertiary/aromatic N) is 1. The monoisotopic (exact) mass is 238 g/mol. The fourth-order valence-corrected chi connectivity index (χ4v) is 3.08. The first-order valence-corrected chi connectivity index (χ1v) is 7.09. The highest BCUT2D eigenvalue weighted by Gasteiger charge is 2.42. The fraction of sp³-hybridized carbons (Fsp3) is 0.929. The van der Waals surface area contributed by atoms with Gasteiger partial charge in [-0.2, -0.15) is 0 Å². The second-order valence-electron chi connectivity index (χ2n) is 6.21. The highest BCUT2D eigenvalue weighted by atomic mass is 16.2. The first-order valence-electron chi connectivity index (χ1n) is 7.09. The van der Waals surface area contributed by atoms with E-state index >= 15 is 0 Å². The number of rotatable bonds is 4. The van der Waals surface area contributed by atoms with Crippen molar-refractivity contribution in [3.8, 4) is 0 Å². The summed E-state index contributed by atoms with van der Waals surface area (Å²) in [5.74, 6) is 1.66. The number of nitrogens with one attached hydrogen (secondary N) is 1. The third-order valence-corrected chi connectivity index (χ3v) is 4.37. The van der Waals surface area contributed by atoms with Crippen molar-refractivity contribution in [1.29, 1.82) is 0 Å². The van der Waals surface area contributed by atoms with E-state index in [1.54, 1.807) is 0 Å². The summed E-state index contributed by atoms with van der Waals surface area (Å²) in [6.45, 7) is 8.67. The minimum atomic E-state index is 0.00118. The number of carbonyl (C=O) groups excluding carboxylic acids is 1. The van der Waals surface area contributed by atoms with E-state index in [0.29, 0.717) is 17.9 Å². The van der Waals surface area contributed by atoms with Gasteiger partial charge in [-0.3, -0.25) is 10.1 Å². The zero-order valence-electron chi connectivity index (χ0n) is 11.6. The van der Waals surface area contributed by atoms with Crippen LogP contribution in [0, 0.1) is 11.8 Å². The van der Waals surface area contributed by atoms with Gasteiger partial charge in [0.1, 0.15) is 0 Å². The zero-order valence-corrected chi connectivity index (χ0v) is 11.6.